The van der Waals surface area contributed by atoms with E-state index in [1.54, 1.807) is 18.1 Å². The first-order chi connectivity index (χ1) is 13.3. The Morgan fingerprint density at radius 2 is 1.71 bits per heavy atom. The molecule has 142 valence electrons. The zero-order chi connectivity index (χ0) is 18.5. The normalized spacial score (nSPS) is 10.3. The Labute approximate surface area is 174 Å². The fraction of sp³-hybridized carbons (Fsp3) is 0.0909. The summed E-state index contributed by atoms with van der Waals surface area (Å²) in [5.74, 6) is 1.63. The number of ether oxygens (including phenoxy) is 1. The maximum Gasteiger partial charge on any atom is 0.141 e. The van der Waals surface area contributed by atoms with Crippen LogP contribution in [0.15, 0.2) is 84.0 Å². The number of nitrogens with one attached hydrogen (secondary N) is 1. The maximum absolute atomic E-state index is 5.84. The monoisotopic (exact) mass is 409 g/mol. The summed E-state index contributed by atoms with van der Waals surface area (Å²) in [5, 5.41) is 4.39. The van der Waals surface area contributed by atoms with Crippen LogP contribution in [-0.2, 0) is 6.61 Å². The van der Waals surface area contributed by atoms with Gasteiger partial charge in [-0.3, -0.25) is 0 Å². The molecule has 0 aliphatic rings. The zero-order valence-corrected chi connectivity index (χ0v) is 17.0. The van der Waals surface area contributed by atoms with E-state index in [1.165, 1.54) is 4.90 Å². The van der Waals surface area contributed by atoms with Crippen molar-refractivity contribution in [3.63, 3.8) is 0 Å². The molecule has 3 aromatic carbocycles. The van der Waals surface area contributed by atoms with Gasteiger partial charge in [0.15, 0.2) is 0 Å². The fourth-order valence-corrected chi connectivity index (χ4v) is 3.21. The van der Waals surface area contributed by atoms with Gasteiger partial charge in [0.25, 0.3) is 0 Å². The van der Waals surface area contributed by atoms with E-state index in [-0.39, 0.29) is 12.4 Å². The molecule has 1 N–H and O–H groups in total. The summed E-state index contributed by atoms with van der Waals surface area (Å²) in [7, 11) is 0. The van der Waals surface area contributed by atoms with E-state index < -0.39 is 0 Å². The van der Waals surface area contributed by atoms with Crippen LogP contribution < -0.4 is 10.1 Å². The van der Waals surface area contributed by atoms with Crippen LogP contribution >= 0.6 is 24.2 Å². The number of nitrogens with zero attached hydrogens (tertiary/aromatic N) is 2. The van der Waals surface area contributed by atoms with Crippen LogP contribution in [0.5, 0.6) is 5.75 Å². The number of thioether (sulfide) groups is 1. The molecule has 28 heavy (non-hydrogen) atoms. The Morgan fingerprint density at radius 1 is 0.929 bits per heavy atom. The van der Waals surface area contributed by atoms with Crippen LogP contribution in [0.25, 0.3) is 10.9 Å². The van der Waals surface area contributed by atoms with Crippen LogP contribution in [0.4, 0.5) is 11.5 Å². The number of hydrogen-bond acceptors (Lipinski definition) is 5. The minimum Gasteiger partial charge on any atom is -0.489 e. The number of hydrogen-bond donors (Lipinski definition) is 1. The second-order valence-corrected chi connectivity index (χ2v) is 6.91. The van der Waals surface area contributed by atoms with Gasteiger partial charge in [0.05, 0.1) is 5.52 Å². The van der Waals surface area contributed by atoms with Crippen molar-refractivity contribution < 1.29 is 4.74 Å². The second kappa shape index (κ2) is 9.44. The summed E-state index contributed by atoms with van der Waals surface area (Å²) in [5.41, 5.74) is 3.03. The fourth-order valence-electron chi connectivity index (χ4n) is 2.77. The smallest absolute Gasteiger partial charge is 0.141 e. The zero-order valence-electron chi connectivity index (χ0n) is 15.3. The van der Waals surface area contributed by atoms with Gasteiger partial charge in [0.2, 0.25) is 0 Å². The maximum atomic E-state index is 5.84. The predicted molar refractivity (Wildman–Crippen MR) is 119 cm³/mol. The molecule has 0 fully saturated rings. The highest BCUT2D eigenvalue weighted by Gasteiger charge is 2.06. The summed E-state index contributed by atoms with van der Waals surface area (Å²) in [6, 6.07) is 24.3. The van der Waals surface area contributed by atoms with E-state index in [9.17, 15) is 0 Å². The van der Waals surface area contributed by atoms with Crippen LogP contribution in [0, 0.1) is 0 Å². The molecule has 4 nitrogen and oxygen atoms in total. The van der Waals surface area contributed by atoms with Gasteiger partial charge in [0, 0.05) is 16.0 Å². The molecule has 0 amide bonds. The third-order valence-electron chi connectivity index (χ3n) is 4.21. The van der Waals surface area contributed by atoms with Gasteiger partial charge in [-0.1, -0.05) is 30.3 Å². The van der Waals surface area contributed by atoms with Crippen molar-refractivity contribution in [3.05, 3.63) is 84.7 Å². The van der Waals surface area contributed by atoms with E-state index in [1.807, 2.05) is 48.5 Å². The minimum absolute atomic E-state index is 0. The van der Waals surface area contributed by atoms with Gasteiger partial charge in [-0.2, -0.15) is 0 Å². The molecule has 0 saturated heterocycles. The summed E-state index contributed by atoms with van der Waals surface area (Å²) < 4.78 is 5.84. The molecule has 0 radical (unpaired) electrons. The van der Waals surface area contributed by atoms with Crippen LogP contribution in [0.2, 0.25) is 0 Å². The van der Waals surface area contributed by atoms with E-state index in [4.69, 9.17) is 4.74 Å². The average molecular weight is 410 g/mol. The molecule has 0 spiro atoms. The number of aromatic nitrogens is 2. The standard InChI is InChI=1S/C22H19N3OS.ClH/c1-27-19-11-12-21-20(13-19)22(24-15-23-21)25-17-7-9-18(10-8-17)26-14-16-5-3-2-4-6-16;/h2-13,15H,14H2,1H3,(H,23,24,25);1H. The summed E-state index contributed by atoms with van der Waals surface area (Å²) in [6.45, 7) is 0.557. The minimum atomic E-state index is 0. The van der Waals surface area contributed by atoms with Crippen molar-refractivity contribution in [2.24, 2.45) is 0 Å². The van der Waals surface area contributed by atoms with E-state index >= 15 is 0 Å². The van der Waals surface area contributed by atoms with Gasteiger partial charge < -0.3 is 10.1 Å². The van der Waals surface area contributed by atoms with Gasteiger partial charge >= 0.3 is 0 Å². The second-order valence-electron chi connectivity index (χ2n) is 6.03. The van der Waals surface area contributed by atoms with Crippen LogP contribution in [0.1, 0.15) is 5.56 Å². The Balaban J connectivity index is 0.00000225. The molecule has 6 heteroatoms. The van der Waals surface area contributed by atoms with Gasteiger partial charge in [0.1, 0.15) is 24.5 Å². The lowest BCUT2D eigenvalue weighted by Crippen LogP contribution is -1.97. The molecule has 4 aromatic rings. The quantitative estimate of drug-likeness (QED) is 0.390. The highest BCUT2D eigenvalue weighted by Crippen LogP contribution is 2.27. The molecule has 1 aromatic heterocycles. The van der Waals surface area contributed by atoms with Gasteiger partial charge in [-0.05, 0) is 54.3 Å². The number of fused-ring (bicyclic) bond motifs is 1. The molecule has 0 atom stereocenters. The van der Waals surface area contributed by atoms with E-state index in [2.05, 4.69) is 45.8 Å². The SMILES string of the molecule is CSc1ccc2ncnc(Nc3ccc(OCc4ccccc4)cc3)c2c1.Cl. The topological polar surface area (TPSA) is 47.0 Å². The van der Waals surface area contributed by atoms with Crippen molar-refractivity contribution in [1.29, 1.82) is 0 Å². The molecule has 0 saturated carbocycles. The number of rotatable bonds is 6. The van der Waals surface area contributed by atoms with Crippen molar-refractivity contribution in [2.75, 3.05) is 11.6 Å². The average Bonchev–Trinajstić information content (AvgIpc) is 2.74. The Hall–Kier alpha value is -2.76. The molecule has 0 unspecified atom stereocenters. The highest BCUT2D eigenvalue weighted by atomic mass is 35.5. The van der Waals surface area contributed by atoms with Crippen molar-refractivity contribution in [1.82, 2.24) is 9.97 Å². The molecule has 0 aliphatic heterocycles. The lowest BCUT2D eigenvalue weighted by Gasteiger charge is -2.10. The van der Waals surface area contributed by atoms with Crippen LogP contribution in [0.3, 0.4) is 0 Å². The van der Waals surface area contributed by atoms with E-state index in [0.29, 0.717) is 6.61 Å². The van der Waals surface area contributed by atoms with Crippen molar-refractivity contribution in [3.8, 4) is 5.75 Å². The lowest BCUT2D eigenvalue weighted by molar-refractivity contribution is 0.306. The Kier molecular flexibility index (Phi) is 6.74. The van der Waals surface area contributed by atoms with Crippen LogP contribution in [-0.4, -0.2) is 16.2 Å². The Bertz CT molecular complexity index is 1040. The molecular weight excluding hydrogens is 390 g/mol. The first kappa shape index (κ1) is 20.0. The van der Waals surface area contributed by atoms with Crippen molar-refractivity contribution in [2.45, 2.75) is 11.5 Å². The largest absolute Gasteiger partial charge is 0.489 e. The third-order valence-corrected chi connectivity index (χ3v) is 4.93. The summed E-state index contributed by atoms with van der Waals surface area (Å²) in [6.07, 6.45) is 3.65. The first-order valence-corrected chi connectivity index (χ1v) is 9.87. The van der Waals surface area contributed by atoms with Crippen molar-refractivity contribution >= 4 is 46.6 Å². The first-order valence-electron chi connectivity index (χ1n) is 8.64. The molecular formula is C22H20ClN3OS. The predicted octanol–water partition coefficient (Wildman–Crippen LogP) is 6.10. The summed E-state index contributed by atoms with van der Waals surface area (Å²) in [4.78, 5) is 9.94. The van der Waals surface area contributed by atoms with Gasteiger partial charge in [-0.15, -0.1) is 24.2 Å². The molecule has 4 rings (SSSR count). The molecule has 1 heterocycles. The Morgan fingerprint density at radius 3 is 2.46 bits per heavy atom. The molecule has 0 aliphatic carbocycles. The highest BCUT2D eigenvalue weighted by molar-refractivity contribution is 7.98. The number of halogens is 1. The molecule has 0 bridgehead atoms. The lowest BCUT2D eigenvalue weighted by atomic mass is 10.2. The number of anilines is 2. The third kappa shape index (κ3) is 4.74. The number of benzene rings is 3. The van der Waals surface area contributed by atoms with E-state index in [0.717, 1.165) is 33.7 Å². The summed E-state index contributed by atoms with van der Waals surface area (Å²) >= 11 is 1.70. The van der Waals surface area contributed by atoms with Gasteiger partial charge in [-0.25, -0.2) is 9.97 Å².